The fourth-order valence-electron chi connectivity index (χ4n) is 2.69. The maximum Gasteiger partial charge on any atom is 0.127 e. The Hall–Kier alpha value is -1.06. The molecule has 3 nitrogen and oxygen atoms in total. The van der Waals surface area contributed by atoms with Crippen LogP contribution in [-0.2, 0) is 0 Å². The van der Waals surface area contributed by atoms with E-state index in [9.17, 15) is 0 Å². The summed E-state index contributed by atoms with van der Waals surface area (Å²) in [7, 11) is 5.95. The molecule has 0 saturated heterocycles. The van der Waals surface area contributed by atoms with Crippen molar-refractivity contribution in [2.75, 3.05) is 21.2 Å². The quantitative estimate of drug-likeness (QED) is 0.888. The van der Waals surface area contributed by atoms with Crippen molar-refractivity contribution >= 4 is 0 Å². The molecule has 108 valence electrons. The smallest absolute Gasteiger partial charge is 0.127 e. The molecule has 19 heavy (non-hydrogen) atoms. The molecule has 0 radical (unpaired) electrons. The van der Waals surface area contributed by atoms with Gasteiger partial charge in [-0.3, -0.25) is 0 Å². The second kappa shape index (κ2) is 6.40. The molecule has 0 fully saturated rings. The molecule has 0 aliphatic carbocycles. The summed E-state index contributed by atoms with van der Waals surface area (Å²) >= 11 is 0. The summed E-state index contributed by atoms with van der Waals surface area (Å²) in [5, 5.41) is 0. The largest absolute Gasteiger partial charge is 0.496 e. The van der Waals surface area contributed by atoms with Crippen molar-refractivity contribution in [2.24, 2.45) is 5.73 Å². The minimum Gasteiger partial charge on any atom is -0.496 e. The standard InChI is InChI=1S/C16H28N2O/c1-10-8-11(2)15(16(19-7)13(10)4)14(18(5)6)9-12(3)17/h8,12,14H,9,17H2,1-7H3. The third-order valence-corrected chi connectivity index (χ3v) is 3.79. The number of aryl methyl sites for hydroxylation is 2. The molecule has 1 rings (SSSR count). The highest BCUT2D eigenvalue weighted by molar-refractivity contribution is 5.51. The summed E-state index contributed by atoms with van der Waals surface area (Å²) in [6, 6.07) is 2.69. The molecule has 0 heterocycles. The van der Waals surface area contributed by atoms with E-state index in [0.29, 0.717) is 0 Å². The minimum atomic E-state index is 0.165. The Morgan fingerprint density at radius 1 is 1.21 bits per heavy atom. The van der Waals surface area contributed by atoms with E-state index in [-0.39, 0.29) is 12.1 Å². The lowest BCUT2D eigenvalue weighted by molar-refractivity contribution is 0.262. The first-order chi connectivity index (χ1) is 8.79. The third kappa shape index (κ3) is 3.48. The molecule has 1 aromatic carbocycles. The lowest BCUT2D eigenvalue weighted by Gasteiger charge is -2.30. The van der Waals surface area contributed by atoms with Crippen molar-refractivity contribution in [1.29, 1.82) is 0 Å². The average molecular weight is 264 g/mol. The highest BCUT2D eigenvalue weighted by Gasteiger charge is 2.23. The van der Waals surface area contributed by atoms with Crippen molar-refractivity contribution in [3.63, 3.8) is 0 Å². The number of methoxy groups -OCH3 is 1. The van der Waals surface area contributed by atoms with Gasteiger partial charge < -0.3 is 15.4 Å². The number of hydrogen-bond acceptors (Lipinski definition) is 3. The van der Waals surface area contributed by atoms with Crippen LogP contribution in [0.1, 0.15) is 41.6 Å². The zero-order valence-electron chi connectivity index (χ0n) is 13.4. The van der Waals surface area contributed by atoms with Crippen molar-refractivity contribution in [3.05, 3.63) is 28.3 Å². The van der Waals surface area contributed by atoms with E-state index in [0.717, 1.165) is 12.2 Å². The first kappa shape index (κ1) is 16.0. The van der Waals surface area contributed by atoms with E-state index in [1.54, 1.807) is 7.11 Å². The van der Waals surface area contributed by atoms with Gasteiger partial charge in [-0.05, 0) is 64.9 Å². The molecule has 0 spiro atoms. The van der Waals surface area contributed by atoms with Crippen molar-refractivity contribution in [3.8, 4) is 5.75 Å². The number of nitrogens with zero attached hydrogens (tertiary/aromatic N) is 1. The zero-order chi connectivity index (χ0) is 14.7. The summed E-state index contributed by atoms with van der Waals surface area (Å²) < 4.78 is 5.68. The van der Waals surface area contributed by atoms with Gasteiger partial charge in [0.05, 0.1) is 7.11 Å². The van der Waals surface area contributed by atoms with Crippen LogP contribution in [0.15, 0.2) is 6.07 Å². The van der Waals surface area contributed by atoms with Gasteiger partial charge in [0, 0.05) is 17.6 Å². The molecule has 0 bridgehead atoms. The third-order valence-electron chi connectivity index (χ3n) is 3.79. The van der Waals surface area contributed by atoms with Crippen molar-refractivity contribution < 1.29 is 4.74 Å². The van der Waals surface area contributed by atoms with Crippen LogP contribution >= 0.6 is 0 Å². The number of rotatable bonds is 5. The Balaban J connectivity index is 3.41. The second-order valence-electron chi connectivity index (χ2n) is 5.77. The van der Waals surface area contributed by atoms with E-state index < -0.39 is 0 Å². The molecular weight excluding hydrogens is 236 g/mol. The van der Waals surface area contributed by atoms with Crippen LogP contribution in [0.5, 0.6) is 5.75 Å². The summed E-state index contributed by atoms with van der Waals surface area (Å²) in [6.07, 6.45) is 0.923. The summed E-state index contributed by atoms with van der Waals surface area (Å²) in [5.74, 6) is 1.01. The molecule has 1 aromatic rings. The average Bonchev–Trinajstić information content (AvgIpc) is 2.30. The Morgan fingerprint density at radius 3 is 2.21 bits per heavy atom. The molecule has 0 aromatic heterocycles. The van der Waals surface area contributed by atoms with Gasteiger partial charge in [0.25, 0.3) is 0 Å². The number of hydrogen-bond donors (Lipinski definition) is 1. The van der Waals surface area contributed by atoms with Crippen molar-refractivity contribution in [1.82, 2.24) is 4.90 Å². The lowest BCUT2D eigenvalue weighted by atomic mass is 9.90. The molecule has 2 N–H and O–H groups in total. The number of nitrogens with two attached hydrogens (primary N) is 1. The molecule has 0 amide bonds. The van der Waals surface area contributed by atoms with Gasteiger partial charge in [0.2, 0.25) is 0 Å². The number of benzene rings is 1. The van der Waals surface area contributed by atoms with Gasteiger partial charge in [0.15, 0.2) is 0 Å². The fourth-order valence-corrected chi connectivity index (χ4v) is 2.69. The van der Waals surface area contributed by atoms with Crippen LogP contribution < -0.4 is 10.5 Å². The Morgan fingerprint density at radius 2 is 1.79 bits per heavy atom. The molecule has 0 saturated carbocycles. The van der Waals surface area contributed by atoms with E-state index in [4.69, 9.17) is 10.5 Å². The van der Waals surface area contributed by atoms with Crippen LogP contribution in [0.2, 0.25) is 0 Å². The number of ether oxygens (including phenoxy) is 1. The van der Waals surface area contributed by atoms with Crippen LogP contribution in [0.25, 0.3) is 0 Å². The normalized spacial score (nSPS) is 14.6. The Kier molecular flexibility index (Phi) is 5.39. The monoisotopic (exact) mass is 264 g/mol. The van der Waals surface area contributed by atoms with E-state index in [1.807, 2.05) is 0 Å². The van der Waals surface area contributed by atoms with Crippen molar-refractivity contribution in [2.45, 2.75) is 46.2 Å². The summed E-state index contributed by atoms with van der Waals surface area (Å²) in [5.41, 5.74) is 11.1. The SMILES string of the molecule is COc1c(C)c(C)cc(C)c1C(CC(C)N)N(C)C. The first-order valence-electron chi connectivity index (χ1n) is 6.86. The van der Waals surface area contributed by atoms with Crippen LogP contribution in [-0.4, -0.2) is 32.1 Å². The fraction of sp³-hybridized carbons (Fsp3) is 0.625. The van der Waals surface area contributed by atoms with Gasteiger partial charge in [-0.1, -0.05) is 6.07 Å². The molecule has 2 atom stereocenters. The van der Waals surface area contributed by atoms with E-state index >= 15 is 0 Å². The van der Waals surface area contributed by atoms with Gasteiger partial charge in [-0.25, -0.2) is 0 Å². The predicted octanol–water partition coefficient (Wildman–Crippen LogP) is 2.96. The summed E-state index contributed by atoms with van der Waals surface area (Å²) in [4.78, 5) is 2.23. The highest BCUT2D eigenvalue weighted by atomic mass is 16.5. The first-order valence-corrected chi connectivity index (χ1v) is 6.86. The van der Waals surface area contributed by atoms with Gasteiger partial charge in [0.1, 0.15) is 5.75 Å². The maximum absolute atomic E-state index is 6.01. The predicted molar refractivity (Wildman–Crippen MR) is 81.9 cm³/mol. The van der Waals surface area contributed by atoms with Gasteiger partial charge >= 0.3 is 0 Å². The van der Waals surface area contributed by atoms with E-state index in [2.05, 4.69) is 52.8 Å². The molecule has 0 aliphatic heterocycles. The minimum absolute atomic E-state index is 0.165. The molecule has 2 unspecified atom stereocenters. The zero-order valence-corrected chi connectivity index (χ0v) is 13.4. The molecule has 3 heteroatoms. The topological polar surface area (TPSA) is 38.5 Å². The Labute approximate surface area is 117 Å². The van der Waals surface area contributed by atoms with Crippen LogP contribution in [0.4, 0.5) is 0 Å². The molecular formula is C16H28N2O. The highest BCUT2D eigenvalue weighted by Crippen LogP contribution is 2.37. The van der Waals surface area contributed by atoms with Crippen LogP contribution in [0, 0.1) is 20.8 Å². The second-order valence-corrected chi connectivity index (χ2v) is 5.77. The van der Waals surface area contributed by atoms with Gasteiger partial charge in [-0.15, -0.1) is 0 Å². The molecule has 0 aliphatic rings. The lowest BCUT2D eigenvalue weighted by Crippen LogP contribution is -2.28. The van der Waals surface area contributed by atoms with E-state index in [1.165, 1.54) is 22.3 Å². The van der Waals surface area contributed by atoms with Crippen LogP contribution in [0.3, 0.4) is 0 Å². The Bertz CT molecular complexity index is 439. The summed E-state index contributed by atoms with van der Waals surface area (Å²) in [6.45, 7) is 8.46. The van der Waals surface area contributed by atoms with Gasteiger partial charge in [-0.2, -0.15) is 0 Å². The maximum atomic E-state index is 6.01.